The topological polar surface area (TPSA) is 94.0 Å². The summed E-state index contributed by atoms with van der Waals surface area (Å²) in [6, 6.07) is 0. The lowest BCUT2D eigenvalue weighted by Gasteiger charge is -1.93. The Morgan fingerprint density at radius 2 is 2.41 bits per heavy atom. The Balaban J connectivity index is 2.05. The van der Waals surface area contributed by atoms with E-state index in [0.29, 0.717) is 18.3 Å². The van der Waals surface area contributed by atoms with Gasteiger partial charge in [0.1, 0.15) is 6.54 Å². The minimum atomic E-state index is -1.05. The van der Waals surface area contributed by atoms with Crippen LogP contribution < -0.4 is 0 Å². The first-order valence-corrected chi connectivity index (χ1v) is 5.25. The Labute approximate surface area is 97.1 Å². The molecular weight excluding hydrogens is 224 g/mol. The Kier molecular flexibility index (Phi) is 3.17. The van der Waals surface area contributed by atoms with Crippen LogP contribution in [-0.2, 0) is 13.0 Å². The van der Waals surface area contributed by atoms with Crippen molar-refractivity contribution in [1.29, 1.82) is 0 Å². The lowest BCUT2D eigenvalue weighted by Crippen LogP contribution is -1.98. The molecule has 1 N–H and O–H groups in total. The van der Waals surface area contributed by atoms with E-state index in [9.17, 15) is 4.79 Å². The quantitative estimate of drug-likeness (QED) is 0.831. The number of imidazole rings is 1. The zero-order valence-corrected chi connectivity index (χ0v) is 9.33. The minimum Gasteiger partial charge on any atom is -0.476 e. The van der Waals surface area contributed by atoms with Crippen LogP contribution in [-0.4, -0.2) is 30.8 Å². The second-order valence-electron chi connectivity index (χ2n) is 3.59. The summed E-state index contributed by atoms with van der Waals surface area (Å²) in [4.78, 5) is 18.5. The van der Waals surface area contributed by atoms with Gasteiger partial charge in [-0.25, -0.2) is 9.78 Å². The van der Waals surface area contributed by atoms with Gasteiger partial charge >= 0.3 is 5.97 Å². The van der Waals surface area contributed by atoms with Crippen molar-refractivity contribution in [3.8, 4) is 0 Å². The van der Waals surface area contributed by atoms with Gasteiger partial charge in [-0.05, 0) is 6.42 Å². The van der Waals surface area contributed by atoms with E-state index in [1.807, 2.05) is 6.92 Å². The van der Waals surface area contributed by atoms with Crippen LogP contribution in [0.5, 0.6) is 0 Å². The molecule has 2 rings (SSSR count). The van der Waals surface area contributed by atoms with Crippen molar-refractivity contribution in [1.82, 2.24) is 19.7 Å². The molecule has 17 heavy (non-hydrogen) atoms. The molecule has 2 aromatic heterocycles. The van der Waals surface area contributed by atoms with Gasteiger partial charge in [0.15, 0.2) is 11.5 Å². The number of aromatic nitrogens is 4. The molecule has 7 nitrogen and oxygen atoms in total. The van der Waals surface area contributed by atoms with Crippen molar-refractivity contribution in [2.75, 3.05) is 0 Å². The van der Waals surface area contributed by atoms with Gasteiger partial charge in [0, 0.05) is 12.6 Å². The number of carboxylic acids is 1. The normalized spacial score (nSPS) is 10.6. The second-order valence-corrected chi connectivity index (χ2v) is 3.59. The molecule has 0 amide bonds. The van der Waals surface area contributed by atoms with Crippen LogP contribution in [0, 0.1) is 0 Å². The number of hydrogen-bond donors (Lipinski definition) is 1. The summed E-state index contributed by atoms with van der Waals surface area (Å²) in [5.41, 5.74) is -0.00158. The van der Waals surface area contributed by atoms with E-state index in [0.717, 1.165) is 12.8 Å². The van der Waals surface area contributed by atoms with Crippen molar-refractivity contribution in [2.45, 2.75) is 26.3 Å². The number of carboxylic acid groups (broad SMARTS) is 1. The van der Waals surface area contributed by atoms with E-state index in [4.69, 9.17) is 9.63 Å². The number of aromatic carboxylic acids is 1. The van der Waals surface area contributed by atoms with E-state index in [-0.39, 0.29) is 5.69 Å². The summed E-state index contributed by atoms with van der Waals surface area (Å²) in [5.74, 6) is 0.0600. The molecule has 0 radical (unpaired) electrons. The summed E-state index contributed by atoms with van der Waals surface area (Å²) < 4.78 is 6.62. The molecular formula is C10H12N4O3. The van der Waals surface area contributed by atoms with Crippen LogP contribution in [0.25, 0.3) is 0 Å². The number of nitrogens with zero attached hydrogens (tertiary/aromatic N) is 4. The molecule has 0 atom stereocenters. The first-order chi connectivity index (χ1) is 8.19. The van der Waals surface area contributed by atoms with E-state index in [1.54, 1.807) is 4.57 Å². The van der Waals surface area contributed by atoms with Gasteiger partial charge < -0.3 is 14.2 Å². The zero-order valence-electron chi connectivity index (χ0n) is 9.33. The molecule has 90 valence electrons. The maximum absolute atomic E-state index is 10.6. The zero-order chi connectivity index (χ0) is 12.3. The van der Waals surface area contributed by atoms with Crippen molar-refractivity contribution in [3.05, 3.63) is 29.9 Å². The first-order valence-electron chi connectivity index (χ1n) is 5.25. The molecule has 0 saturated carbocycles. The smallest absolute Gasteiger partial charge is 0.356 e. The lowest BCUT2D eigenvalue weighted by molar-refractivity contribution is 0.0691. The average Bonchev–Trinajstić information content (AvgIpc) is 2.89. The van der Waals surface area contributed by atoms with Crippen molar-refractivity contribution in [2.24, 2.45) is 0 Å². The summed E-state index contributed by atoms with van der Waals surface area (Å²) in [6.45, 7) is 2.36. The minimum absolute atomic E-state index is 0.00158. The SMILES string of the molecule is CCCc1noc(Cn2cnc(C(=O)O)c2)n1. The molecule has 0 spiro atoms. The van der Waals surface area contributed by atoms with Crippen molar-refractivity contribution < 1.29 is 14.4 Å². The molecule has 0 aliphatic heterocycles. The van der Waals surface area contributed by atoms with E-state index >= 15 is 0 Å². The Morgan fingerprint density at radius 1 is 1.59 bits per heavy atom. The van der Waals surface area contributed by atoms with Crippen molar-refractivity contribution >= 4 is 5.97 Å². The highest BCUT2D eigenvalue weighted by Gasteiger charge is 2.09. The molecule has 7 heteroatoms. The summed E-state index contributed by atoms with van der Waals surface area (Å²) in [6.07, 6.45) is 4.57. The van der Waals surface area contributed by atoms with Gasteiger partial charge in [0.2, 0.25) is 5.89 Å². The highest BCUT2D eigenvalue weighted by atomic mass is 16.5. The van der Waals surface area contributed by atoms with E-state index < -0.39 is 5.97 Å². The molecule has 0 saturated heterocycles. The molecule has 0 aliphatic carbocycles. The van der Waals surface area contributed by atoms with Crippen LogP contribution in [0.15, 0.2) is 17.0 Å². The molecule has 0 fully saturated rings. The predicted molar refractivity (Wildman–Crippen MR) is 56.6 cm³/mol. The second kappa shape index (κ2) is 4.77. The number of rotatable bonds is 5. The third-order valence-corrected chi connectivity index (χ3v) is 2.15. The maximum atomic E-state index is 10.6. The lowest BCUT2D eigenvalue weighted by atomic mass is 10.3. The van der Waals surface area contributed by atoms with Gasteiger partial charge in [-0.3, -0.25) is 0 Å². The molecule has 2 heterocycles. The van der Waals surface area contributed by atoms with Gasteiger partial charge in [-0.1, -0.05) is 12.1 Å². The average molecular weight is 236 g/mol. The van der Waals surface area contributed by atoms with Gasteiger partial charge in [-0.2, -0.15) is 4.98 Å². The van der Waals surface area contributed by atoms with E-state index in [2.05, 4.69) is 15.1 Å². The Bertz CT molecular complexity index is 517. The van der Waals surface area contributed by atoms with Crippen LogP contribution in [0.4, 0.5) is 0 Å². The number of aryl methyl sites for hydroxylation is 1. The summed E-state index contributed by atoms with van der Waals surface area (Å²) in [7, 11) is 0. The van der Waals surface area contributed by atoms with E-state index in [1.165, 1.54) is 12.5 Å². The van der Waals surface area contributed by atoms with Crippen LogP contribution >= 0.6 is 0 Å². The predicted octanol–water partition coefficient (Wildman–Crippen LogP) is 0.965. The van der Waals surface area contributed by atoms with Crippen LogP contribution in [0.2, 0.25) is 0 Å². The fourth-order valence-corrected chi connectivity index (χ4v) is 1.39. The Morgan fingerprint density at radius 3 is 3.06 bits per heavy atom. The fourth-order valence-electron chi connectivity index (χ4n) is 1.39. The Hall–Kier alpha value is -2.18. The molecule has 0 aromatic carbocycles. The highest BCUT2D eigenvalue weighted by molar-refractivity contribution is 5.84. The monoisotopic (exact) mass is 236 g/mol. The molecule has 0 aliphatic rings. The first kappa shape index (κ1) is 11.3. The third kappa shape index (κ3) is 2.68. The summed E-state index contributed by atoms with van der Waals surface area (Å²) in [5, 5.41) is 12.5. The number of hydrogen-bond acceptors (Lipinski definition) is 5. The fraction of sp³-hybridized carbons (Fsp3) is 0.400. The van der Waals surface area contributed by atoms with Gasteiger partial charge in [-0.15, -0.1) is 0 Å². The largest absolute Gasteiger partial charge is 0.476 e. The number of carbonyl (C=O) groups is 1. The molecule has 0 unspecified atom stereocenters. The standard InChI is InChI=1S/C10H12N4O3/c1-2-3-8-12-9(17-13-8)5-14-4-7(10(15)16)11-6-14/h4,6H,2-3,5H2,1H3,(H,15,16). The summed E-state index contributed by atoms with van der Waals surface area (Å²) >= 11 is 0. The van der Waals surface area contributed by atoms with Gasteiger partial charge in [0.25, 0.3) is 0 Å². The molecule has 2 aromatic rings. The van der Waals surface area contributed by atoms with Crippen molar-refractivity contribution in [3.63, 3.8) is 0 Å². The van der Waals surface area contributed by atoms with Crippen LogP contribution in [0.1, 0.15) is 35.5 Å². The maximum Gasteiger partial charge on any atom is 0.356 e. The highest BCUT2D eigenvalue weighted by Crippen LogP contribution is 2.04. The molecule has 0 bridgehead atoms. The van der Waals surface area contributed by atoms with Crippen LogP contribution in [0.3, 0.4) is 0 Å². The van der Waals surface area contributed by atoms with Gasteiger partial charge in [0.05, 0.1) is 6.33 Å². The third-order valence-electron chi connectivity index (χ3n) is 2.15.